The van der Waals surface area contributed by atoms with Gasteiger partial charge in [-0.3, -0.25) is 9.52 Å². The molecule has 0 unspecified atom stereocenters. The quantitative estimate of drug-likeness (QED) is 0.846. The molecule has 0 bridgehead atoms. The molecule has 0 saturated heterocycles. The van der Waals surface area contributed by atoms with Crippen LogP contribution in [0.15, 0.2) is 47.4 Å². The van der Waals surface area contributed by atoms with E-state index in [9.17, 15) is 22.0 Å². The van der Waals surface area contributed by atoms with Crippen LogP contribution < -0.4 is 9.46 Å². The molecule has 9 heteroatoms. The van der Waals surface area contributed by atoms with Gasteiger partial charge in [-0.05, 0) is 36.4 Å². The van der Waals surface area contributed by atoms with Gasteiger partial charge in [-0.25, -0.2) is 17.2 Å². The van der Waals surface area contributed by atoms with Crippen LogP contribution in [0.5, 0.6) is 5.75 Å². The Bertz CT molecular complexity index is 848. The predicted molar refractivity (Wildman–Crippen MR) is 87.8 cm³/mol. The van der Waals surface area contributed by atoms with Gasteiger partial charge in [0.25, 0.3) is 15.9 Å². The van der Waals surface area contributed by atoms with E-state index >= 15 is 0 Å². The summed E-state index contributed by atoms with van der Waals surface area (Å²) in [5.41, 5.74) is 0.0916. The molecule has 2 rings (SSSR count). The Balaban J connectivity index is 2.12. The molecule has 1 amide bonds. The second-order valence-electron chi connectivity index (χ2n) is 5.26. The topological polar surface area (TPSA) is 75.7 Å². The minimum atomic E-state index is -4.43. The summed E-state index contributed by atoms with van der Waals surface area (Å²) >= 11 is 0. The summed E-state index contributed by atoms with van der Waals surface area (Å²) in [5, 5.41) is 0. The van der Waals surface area contributed by atoms with Crippen LogP contribution >= 0.6 is 0 Å². The maximum Gasteiger partial charge on any atom is 0.267 e. The zero-order chi connectivity index (χ0) is 18.6. The number of likely N-dealkylation sites (N-methyl/N-ethyl adjacent to an activating group) is 1. The maximum absolute atomic E-state index is 13.6. The summed E-state index contributed by atoms with van der Waals surface area (Å²) in [6.07, 6.45) is 0. The molecule has 0 aliphatic carbocycles. The van der Waals surface area contributed by atoms with E-state index in [2.05, 4.69) is 4.72 Å². The van der Waals surface area contributed by atoms with Crippen LogP contribution in [0.3, 0.4) is 0 Å². The lowest BCUT2D eigenvalue weighted by Gasteiger charge is -2.12. The molecular formula is C16H16F2N2O4S. The summed E-state index contributed by atoms with van der Waals surface area (Å²) in [6.45, 7) is -0.168. The summed E-state index contributed by atoms with van der Waals surface area (Å²) in [6, 6.07) is 8.35. The number of anilines is 1. The normalized spacial score (nSPS) is 11.0. The molecule has 0 heterocycles. The van der Waals surface area contributed by atoms with Crippen LogP contribution in [0.4, 0.5) is 14.5 Å². The van der Waals surface area contributed by atoms with Gasteiger partial charge in [-0.15, -0.1) is 0 Å². The van der Waals surface area contributed by atoms with Crippen molar-refractivity contribution in [3.63, 3.8) is 0 Å². The summed E-state index contributed by atoms with van der Waals surface area (Å²) in [7, 11) is -1.25. The zero-order valence-electron chi connectivity index (χ0n) is 13.5. The molecule has 0 aliphatic heterocycles. The van der Waals surface area contributed by atoms with Crippen LogP contribution in [-0.4, -0.2) is 39.9 Å². The van der Waals surface area contributed by atoms with Crippen molar-refractivity contribution in [3.8, 4) is 5.75 Å². The number of nitrogens with zero attached hydrogens (tertiary/aromatic N) is 1. The third kappa shape index (κ3) is 4.66. The molecule has 0 spiro atoms. The van der Waals surface area contributed by atoms with Crippen molar-refractivity contribution in [2.24, 2.45) is 0 Å². The first-order valence-electron chi connectivity index (χ1n) is 7.10. The summed E-state index contributed by atoms with van der Waals surface area (Å²) in [4.78, 5) is 11.7. The number of sulfonamides is 1. The Labute approximate surface area is 144 Å². The van der Waals surface area contributed by atoms with E-state index in [1.165, 1.54) is 29.2 Å². The minimum absolute atomic E-state index is 0.0916. The van der Waals surface area contributed by atoms with Crippen molar-refractivity contribution >= 4 is 21.6 Å². The molecule has 0 atom stereocenters. The van der Waals surface area contributed by atoms with E-state index in [0.717, 1.165) is 18.2 Å². The first kappa shape index (κ1) is 18.7. The highest BCUT2D eigenvalue weighted by Crippen LogP contribution is 2.23. The number of rotatable bonds is 6. The fraction of sp³-hybridized carbons (Fsp3) is 0.188. The van der Waals surface area contributed by atoms with Crippen LogP contribution in [0.1, 0.15) is 0 Å². The van der Waals surface area contributed by atoms with Crippen molar-refractivity contribution in [3.05, 3.63) is 54.1 Å². The van der Waals surface area contributed by atoms with E-state index in [4.69, 9.17) is 4.74 Å². The third-order valence-electron chi connectivity index (χ3n) is 3.16. The van der Waals surface area contributed by atoms with E-state index in [1.54, 1.807) is 14.1 Å². The smallest absolute Gasteiger partial charge is 0.267 e. The van der Waals surface area contributed by atoms with Crippen LogP contribution in [0.25, 0.3) is 0 Å². The van der Waals surface area contributed by atoms with E-state index in [0.29, 0.717) is 5.75 Å². The van der Waals surface area contributed by atoms with Gasteiger partial charge in [0.15, 0.2) is 11.5 Å². The van der Waals surface area contributed by atoms with Gasteiger partial charge < -0.3 is 9.64 Å². The van der Waals surface area contributed by atoms with Gasteiger partial charge in [0.1, 0.15) is 17.4 Å². The van der Waals surface area contributed by atoms with Crippen molar-refractivity contribution in [2.75, 3.05) is 25.4 Å². The predicted octanol–water partition coefficient (Wildman–Crippen LogP) is 2.23. The first-order valence-corrected chi connectivity index (χ1v) is 8.59. The van der Waals surface area contributed by atoms with Gasteiger partial charge in [0.05, 0.1) is 0 Å². The second-order valence-corrected chi connectivity index (χ2v) is 6.88. The highest BCUT2D eigenvalue weighted by molar-refractivity contribution is 7.92. The fourth-order valence-corrected chi connectivity index (χ4v) is 3.04. The Morgan fingerprint density at radius 1 is 1.08 bits per heavy atom. The standard InChI is InChI=1S/C16H16F2N2O4S/c1-20(2)15(21)10-24-12-8-6-11(7-9-12)19-25(22,23)16-13(17)4-3-5-14(16)18/h3-9,19H,10H2,1-2H3. The molecule has 0 aromatic heterocycles. The highest BCUT2D eigenvalue weighted by Gasteiger charge is 2.23. The molecule has 0 fully saturated rings. The molecule has 25 heavy (non-hydrogen) atoms. The lowest BCUT2D eigenvalue weighted by atomic mass is 10.3. The average Bonchev–Trinajstić information content (AvgIpc) is 2.53. The molecule has 134 valence electrons. The molecule has 1 N–H and O–H groups in total. The maximum atomic E-state index is 13.6. The number of carbonyl (C=O) groups is 1. The summed E-state index contributed by atoms with van der Waals surface area (Å²) < 4.78 is 58.9. The molecular weight excluding hydrogens is 354 g/mol. The minimum Gasteiger partial charge on any atom is -0.484 e. The largest absolute Gasteiger partial charge is 0.484 e. The van der Waals surface area contributed by atoms with Crippen molar-refractivity contribution in [1.29, 1.82) is 0 Å². The van der Waals surface area contributed by atoms with Gasteiger partial charge >= 0.3 is 0 Å². The van der Waals surface area contributed by atoms with Gasteiger partial charge in [0, 0.05) is 19.8 Å². The number of nitrogens with one attached hydrogen (secondary N) is 1. The number of hydrogen-bond donors (Lipinski definition) is 1. The van der Waals surface area contributed by atoms with Crippen LogP contribution in [0.2, 0.25) is 0 Å². The van der Waals surface area contributed by atoms with Crippen LogP contribution in [0, 0.1) is 11.6 Å². The SMILES string of the molecule is CN(C)C(=O)COc1ccc(NS(=O)(=O)c2c(F)cccc2F)cc1. The Morgan fingerprint density at radius 3 is 2.16 bits per heavy atom. The Hall–Kier alpha value is -2.68. The first-order chi connectivity index (χ1) is 11.7. The third-order valence-corrected chi connectivity index (χ3v) is 4.59. The van der Waals surface area contributed by atoms with Gasteiger partial charge in [-0.1, -0.05) is 6.07 Å². The molecule has 0 radical (unpaired) electrons. The number of carbonyl (C=O) groups excluding carboxylic acids is 1. The lowest BCUT2D eigenvalue weighted by Crippen LogP contribution is -2.27. The molecule has 2 aromatic rings. The summed E-state index contributed by atoms with van der Waals surface area (Å²) in [5.74, 6) is -2.26. The van der Waals surface area contributed by atoms with Crippen LogP contribution in [-0.2, 0) is 14.8 Å². The van der Waals surface area contributed by atoms with Crippen molar-refractivity contribution in [2.45, 2.75) is 4.90 Å². The molecule has 0 aliphatic rings. The highest BCUT2D eigenvalue weighted by atomic mass is 32.2. The number of hydrogen-bond acceptors (Lipinski definition) is 4. The fourth-order valence-electron chi connectivity index (χ4n) is 1.84. The van der Waals surface area contributed by atoms with E-state index < -0.39 is 26.6 Å². The number of halogens is 2. The monoisotopic (exact) mass is 370 g/mol. The van der Waals surface area contributed by atoms with Crippen molar-refractivity contribution in [1.82, 2.24) is 4.90 Å². The Morgan fingerprint density at radius 2 is 1.64 bits per heavy atom. The second kappa shape index (κ2) is 7.47. The molecule has 0 saturated carbocycles. The lowest BCUT2D eigenvalue weighted by molar-refractivity contribution is -0.130. The number of benzene rings is 2. The van der Waals surface area contributed by atoms with Crippen molar-refractivity contribution < 1.29 is 26.7 Å². The van der Waals surface area contributed by atoms with E-state index in [1.807, 2.05) is 0 Å². The van der Waals surface area contributed by atoms with Gasteiger partial charge in [0.2, 0.25) is 0 Å². The molecule has 2 aromatic carbocycles. The van der Waals surface area contributed by atoms with Gasteiger partial charge in [-0.2, -0.15) is 0 Å². The zero-order valence-corrected chi connectivity index (χ0v) is 14.3. The number of amides is 1. The number of ether oxygens (including phenoxy) is 1. The average molecular weight is 370 g/mol. The Kier molecular flexibility index (Phi) is 5.58. The van der Waals surface area contributed by atoms with E-state index in [-0.39, 0.29) is 18.2 Å². The molecule has 6 nitrogen and oxygen atoms in total.